The highest BCUT2D eigenvalue weighted by atomic mass is 16.7. The van der Waals surface area contributed by atoms with Gasteiger partial charge in [-0.05, 0) is 100 Å². The maximum absolute atomic E-state index is 14.8. The molecule has 1 saturated carbocycles. The molecule has 1 unspecified atom stereocenters. The molecule has 0 spiro atoms. The number of hydrogen-bond donors (Lipinski definition) is 5. The van der Waals surface area contributed by atoms with Gasteiger partial charge in [-0.25, -0.2) is 10.2 Å². The number of methoxy groups -OCH3 is 1. The number of likely N-dealkylation sites (N-methyl/N-ethyl adjacent to an activating group) is 1. The van der Waals surface area contributed by atoms with E-state index in [9.17, 15) is 29.7 Å². The average molecular weight is 1110 g/mol. The lowest BCUT2D eigenvalue weighted by Gasteiger charge is -2.49. The van der Waals surface area contributed by atoms with Crippen molar-refractivity contribution in [3.63, 3.8) is 0 Å². The van der Waals surface area contributed by atoms with Gasteiger partial charge in [0.1, 0.15) is 23.9 Å². The summed E-state index contributed by atoms with van der Waals surface area (Å²) in [5.41, 5.74) is 1.25. The number of rotatable bonds is 24. The van der Waals surface area contributed by atoms with Crippen LogP contribution >= 0.6 is 0 Å². The number of nitrogens with one attached hydrogen (secondary N) is 2. The molecule has 1 aliphatic carbocycles. The first-order valence-electron chi connectivity index (χ1n) is 30.0. The van der Waals surface area contributed by atoms with Crippen LogP contribution in [0.5, 0.6) is 0 Å². The van der Waals surface area contributed by atoms with E-state index < -0.39 is 114 Å². The Morgan fingerprint density at radius 3 is 2.09 bits per heavy atom. The Morgan fingerprint density at radius 1 is 0.821 bits per heavy atom. The number of aliphatic hydroxyl groups is 3. The van der Waals surface area contributed by atoms with E-state index in [1.807, 2.05) is 39.8 Å². The lowest BCUT2D eigenvalue weighted by molar-refractivity contribution is -0.318. The number of cyclic esters (lactones) is 1. The average Bonchev–Trinajstić information content (AvgIpc) is 3.38. The second-order valence-corrected chi connectivity index (χ2v) is 24.6. The monoisotopic (exact) mass is 1110 g/mol. The molecule has 0 bridgehead atoms. The molecule has 5 N–H and O–H groups in total. The fourth-order valence-corrected chi connectivity index (χ4v) is 12.8. The van der Waals surface area contributed by atoms with E-state index in [1.54, 1.807) is 41.5 Å². The lowest BCUT2D eigenvalue weighted by Crippen LogP contribution is -2.62. The van der Waals surface area contributed by atoms with Gasteiger partial charge in [0.05, 0.1) is 53.8 Å². The number of hydrogen-bond acceptors (Lipinski definition) is 18. The molecule has 1 amide bonds. The molecule has 0 aromatic rings. The molecular weight excluding hydrogens is 1000 g/mol. The summed E-state index contributed by atoms with van der Waals surface area (Å²) in [5, 5.41) is 42.6. The SMILES string of the molecule is CCCCCCCCCCNNC(=O)O[C@H]1[C@H](O[C@@H]2[C@@H](C)[C@H](O[C@H]3C[C@@](C)(OC)[C@@H](OC(C)=O)[C@H](C)O3)[C@@H](C)C(=O)O[C@H](CC)[C@@](C)(O)[C@H](O)[C@@H](C)/C(=N/OCCCC3CCCCC3)[C@H](C)CC2(C)O)O[C@H](C)C[C@@H]1N(C)C. The number of esters is 2. The van der Waals surface area contributed by atoms with E-state index >= 15 is 0 Å². The van der Waals surface area contributed by atoms with Crippen molar-refractivity contribution in [2.45, 2.75) is 289 Å². The molecular formula is C59H108N4O15. The Bertz CT molecular complexity index is 1820. The number of amides is 1. The first-order valence-corrected chi connectivity index (χ1v) is 30.0. The van der Waals surface area contributed by atoms with E-state index in [-0.39, 0.29) is 31.4 Å². The van der Waals surface area contributed by atoms with Gasteiger partial charge < -0.3 is 63.0 Å². The highest BCUT2D eigenvalue weighted by Crippen LogP contribution is 2.42. The van der Waals surface area contributed by atoms with E-state index in [0.717, 1.165) is 32.1 Å². The number of carbonyl (C=O) groups is 3. The van der Waals surface area contributed by atoms with Gasteiger partial charge in [0, 0.05) is 44.8 Å². The van der Waals surface area contributed by atoms with Crippen molar-refractivity contribution in [2.24, 2.45) is 34.7 Å². The van der Waals surface area contributed by atoms with Crippen LogP contribution in [0, 0.1) is 29.6 Å². The Hall–Kier alpha value is -2.72. The molecule has 3 heterocycles. The topological polar surface area (TPSA) is 235 Å². The van der Waals surface area contributed by atoms with Crippen LogP contribution in [0.25, 0.3) is 0 Å². The van der Waals surface area contributed by atoms with Gasteiger partial charge in [-0.15, -0.1) is 0 Å². The molecule has 4 fully saturated rings. The predicted octanol–water partition coefficient (Wildman–Crippen LogP) is 8.90. The normalized spacial score (nSPS) is 38.3. The number of nitrogens with zero attached hydrogens (tertiary/aromatic N) is 2. The van der Waals surface area contributed by atoms with Crippen molar-refractivity contribution in [1.29, 1.82) is 0 Å². The Kier molecular flexibility index (Phi) is 28.0. The zero-order valence-electron chi connectivity index (χ0n) is 50.7. The number of oxime groups is 1. The summed E-state index contributed by atoms with van der Waals surface area (Å²) in [6.07, 6.45) is 6.85. The number of unbranched alkanes of at least 4 members (excludes halogenated alkanes) is 7. The van der Waals surface area contributed by atoms with Gasteiger partial charge in [0.2, 0.25) is 0 Å². The minimum Gasteiger partial charge on any atom is -0.459 e. The third-order valence-electron chi connectivity index (χ3n) is 17.4. The number of aliphatic hydroxyl groups excluding tert-OH is 1. The first-order chi connectivity index (χ1) is 36.8. The minimum atomic E-state index is -1.97. The van der Waals surface area contributed by atoms with Crippen LogP contribution in [-0.2, 0) is 52.3 Å². The van der Waals surface area contributed by atoms with Gasteiger partial charge in [-0.3, -0.25) is 15.0 Å². The standard InChI is InChI=1S/C59H108N4O15/c1-16-18-19-20-21-22-23-27-32-60-61-56(67)77-50-45(63(13)14)34-38(4)72-55(50)78-52-40(6)49(76-47-36-58(11,70-15)53(42(8)73-47)74-43(9)64)41(7)54(66)75-46(17-2)59(12,69)51(65)39(5)48(37(3)35-57(52,10)68)62-71-33-28-31-44-29-25-24-26-30-44/h37-42,44-47,49-53,55,60,65,68-69H,16-36H2,1-15H3,(H,61,67)/b62-48+/t37-,38-,39+,40+,41-,42+,45+,46-,47+,49+,50-,51-,52-,53+,55+,57?,58-,59-/m1/s1. The maximum atomic E-state index is 14.8. The van der Waals surface area contributed by atoms with Gasteiger partial charge in [-0.1, -0.05) is 117 Å². The van der Waals surface area contributed by atoms with E-state index in [2.05, 4.69) is 17.8 Å². The van der Waals surface area contributed by atoms with Crippen molar-refractivity contribution >= 4 is 23.7 Å². The first kappa shape index (κ1) is 67.8. The molecule has 78 heavy (non-hydrogen) atoms. The largest absolute Gasteiger partial charge is 0.459 e. The van der Waals surface area contributed by atoms with Gasteiger partial charge >= 0.3 is 18.0 Å². The van der Waals surface area contributed by atoms with E-state index in [0.29, 0.717) is 31.2 Å². The molecule has 4 aliphatic rings. The minimum absolute atomic E-state index is 0.0228. The fourth-order valence-electron chi connectivity index (χ4n) is 12.8. The zero-order valence-corrected chi connectivity index (χ0v) is 50.7. The van der Waals surface area contributed by atoms with Crippen LogP contribution in [0.15, 0.2) is 5.16 Å². The summed E-state index contributed by atoms with van der Waals surface area (Å²) in [6, 6.07) is -0.389. The maximum Gasteiger partial charge on any atom is 0.422 e. The second-order valence-electron chi connectivity index (χ2n) is 24.6. The third-order valence-corrected chi connectivity index (χ3v) is 17.4. The summed E-state index contributed by atoms with van der Waals surface area (Å²) in [7, 11) is 5.31. The van der Waals surface area contributed by atoms with Gasteiger partial charge in [0.15, 0.2) is 24.8 Å². The van der Waals surface area contributed by atoms with Crippen LogP contribution in [0.3, 0.4) is 0 Å². The van der Waals surface area contributed by atoms with Crippen LogP contribution in [0.2, 0.25) is 0 Å². The zero-order chi connectivity index (χ0) is 58.0. The Morgan fingerprint density at radius 2 is 1.47 bits per heavy atom. The molecule has 0 aromatic carbocycles. The fraction of sp³-hybridized carbons (Fsp3) is 0.932. The number of hydrazine groups is 1. The van der Waals surface area contributed by atoms with Crippen LogP contribution < -0.4 is 10.9 Å². The molecule has 18 atom stereocenters. The summed E-state index contributed by atoms with van der Waals surface area (Å²) in [6.45, 7) is 21.8. The van der Waals surface area contributed by atoms with Crippen molar-refractivity contribution in [3.8, 4) is 0 Å². The number of carbonyl (C=O) groups excluding carboxylic acids is 3. The third kappa shape index (κ3) is 19.5. The molecule has 3 aliphatic heterocycles. The quantitative estimate of drug-likeness (QED) is 0.0263. The van der Waals surface area contributed by atoms with Gasteiger partial charge in [-0.2, -0.15) is 0 Å². The predicted molar refractivity (Wildman–Crippen MR) is 298 cm³/mol. The lowest BCUT2D eigenvalue weighted by atomic mass is 9.73. The molecule has 0 aromatic heterocycles. The van der Waals surface area contributed by atoms with Crippen molar-refractivity contribution < 1.29 is 72.4 Å². The summed E-state index contributed by atoms with van der Waals surface area (Å²) in [5.74, 6) is -4.08. The summed E-state index contributed by atoms with van der Waals surface area (Å²) >= 11 is 0. The van der Waals surface area contributed by atoms with E-state index in [1.165, 1.54) is 85.2 Å². The molecule has 19 nitrogen and oxygen atoms in total. The van der Waals surface area contributed by atoms with Crippen LogP contribution in [0.1, 0.15) is 205 Å². The van der Waals surface area contributed by atoms with E-state index in [4.69, 9.17) is 47.9 Å². The highest BCUT2D eigenvalue weighted by molar-refractivity contribution is 5.88. The smallest absolute Gasteiger partial charge is 0.422 e. The summed E-state index contributed by atoms with van der Waals surface area (Å²) in [4.78, 5) is 48.9. The Balaban J connectivity index is 1.79. The molecule has 0 radical (unpaired) electrons. The molecule has 454 valence electrons. The van der Waals surface area contributed by atoms with Crippen molar-refractivity contribution in [2.75, 3.05) is 34.4 Å². The molecule has 19 heteroatoms. The molecule has 4 rings (SSSR count). The van der Waals surface area contributed by atoms with Crippen LogP contribution in [-0.4, -0.2) is 163 Å². The van der Waals surface area contributed by atoms with Crippen molar-refractivity contribution in [1.82, 2.24) is 15.8 Å². The summed E-state index contributed by atoms with van der Waals surface area (Å²) < 4.78 is 51.5. The second kappa shape index (κ2) is 32.2. The van der Waals surface area contributed by atoms with Crippen molar-refractivity contribution in [3.05, 3.63) is 0 Å². The highest BCUT2D eigenvalue weighted by Gasteiger charge is 2.55. The number of ether oxygens (including phenoxy) is 8. The Labute approximate surface area is 468 Å². The van der Waals surface area contributed by atoms with Gasteiger partial charge in [0.25, 0.3) is 0 Å². The van der Waals surface area contributed by atoms with Crippen LogP contribution in [0.4, 0.5) is 4.79 Å². The molecule has 3 saturated heterocycles.